The van der Waals surface area contributed by atoms with Crippen LogP contribution < -0.4 is 5.73 Å². The van der Waals surface area contributed by atoms with Gasteiger partial charge in [0.05, 0.1) is 5.60 Å². The van der Waals surface area contributed by atoms with Crippen molar-refractivity contribution in [1.29, 1.82) is 0 Å². The highest BCUT2D eigenvalue weighted by molar-refractivity contribution is 5.74. The molecule has 0 aromatic rings. The monoisotopic (exact) mass is 237 g/mol. The molecule has 0 aliphatic heterocycles. The summed E-state index contributed by atoms with van der Waals surface area (Å²) in [6.07, 6.45) is 2.74. The average Bonchev–Trinajstić information content (AvgIpc) is 2.19. The van der Waals surface area contributed by atoms with E-state index in [1.165, 1.54) is 0 Å². The van der Waals surface area contributed by atoms with Crippen LogP contribution in [0.15, 0.2) is 24.3 Å². The molecule has 3 nitrogen and oxygen atoms in total. The molecule has 0 spiro atoms. The summed E-state index contributed by atoms with van der Waals surface area (Å²) in [6, 6.07) is 0. The van der Waals surface area contributed by atoms with E-state index in [4.69, 9.17) is 5.73 Å². The minimum absolute atomic E-state index is 0.151. The van der Waals surface area contributed by atoms with Gasteiger partial charge in [0.15, 0.2) is 0 Å². The Morgan fingerprint density at radius 2 is 2.06 bits per heavy atom. The van der Waals surface area contributed by atoms with Crippen molar-refractivity contribution >= 4 is 5.91 Å². The molecule has 0 radical (unpaired) electrons. The number of hydrogen-bond acceptors (Lipinski definition) is 2. The van der Waals surface area contributed by atoms with Crippen LogP contribution in [0.25, 0.3) is 0 Å². The van der Waals surface area contributed by atoms with E-state index in [2.05, 4.69) is 13.2 Å². The van der Waals surface area contributed by atoms with E-state index in [1.54, 1.807) is 0 Å². The summed E-state index contributed by atoms with van der Waals surface area (Å²) in [7, 11) is 0. The smallest absolute Gasteiger partial charge is 0.217 e. The first-order valence-corrected chi connectivity index (χ1v) is 6.11. The Kier molecular flexibility index (Phi) is 4.15. The molecule has 0 aromatic heterocycles. The number of allylic oxidation sites excluding steroid dienone is 1. The molecule has 3 unspecified atom stereocenters. The zero-order valence-corrected chi connectivity index (χ0v) is 10.8. The highest BCUT2D eigenvalue weighted by Gasteiger charge is 2.45. The van der Waals surface area contributed by atoms with Crippen molar-refractivity contribution in [3.05, 3.63) is 24.3 Å². The van der Waals surface area contributed by atoms with Crippen LogP contribution in [0.3, 0.4) is 0 Å². The van der Waals surface area contributed by atoms with Crippen molar-refractivity contribution in [2.75, 3.05) is 0 Å². The number of rotatable bonds is 4. The third-order valence-electron chi connectivity index (χ3n) is 3.97. The quantitative estimate of drug-likeness (QED) is 0.736. The van der Waals surface area contributed by atoms with Crippen LogP contribution in [0.1, 0.15) is 39.5 Å². The molecule has 1 fully saturated rings. The molecule has 1 aliphatic rings. The van der Waals surface area contributed by atoms with Crippen molar-refractivity contribution in [2.24, 2.45) is 17.6 Å². The van der Waals surface area contributed by atoms with Crippen LogP contribution >= 0.6 is 0 Å². The lowest BCUT2D eigenvalue weighted by atomic mass is 9.63. The van der Waals surface area contributed by atoms with Gasteiger partial charge in [0.1, 0.15) is 0 Å². The zero-order valence-electron chi connectivity index (χ0n) is 10.8. The van der Waals surface area contributed by atoms with Crippen molar-refractivity contribution in [2.45, 2.75) is 45.1 Å². The van der Waals surface area contributed by atoms with Gasteiger partial charge in [0.2, 0.25) is 5.91 Å². The summed E-state index contributed by atoms with van der Waals surface area (Å²) < 4.78 is 0. The van der Waals surface area contributed by atoms with Crippen LogP contribution in [-0.4, -0.2) is 16.6 Å². The Hall–Kier alpha value is -1.09. The normalized spacial score (nSPS) is 33.1. The second kappa shape index (κ2) is 5.05. The summed E-state index contributed by atoms with van der Waals surface area (Å²) >= 11 is 0. The van der Waals surface area contributed by atoms with E-state index in [0.717, 1.165) is 24.0 Å². The lowest BCUT2D eigenvalue weighted by Crippen LogP contribution is -2.47. The molecule has 3 heteroatoms. The van der Waals surface area contributed by atoms with Crippen LogP contribution in [-0.2, 0) is 4.79 Å². The van der Waals surface area contributed by atoms with Gasteiger partial charge in [0, 0.05) is 12.3 Å². The number of hydrogen-bond donors (Lipinski definition) is 2. The number of nitrogens with two attached hydrogens (primary N) is 1. The van der Waals surface area contributed by atoms with E-state index in [9.17, 15) is 9.90 Å². The fourth-order valence-electron chi connectivity index (χ4n) is 2.96. The summed E-state index contributed by atoms with van der Waals surface area (Å²) in [5, 5.41) is 10.7. The van der Waals surface area contributed by atoms with Crippen LogP contribution in [0, 0.1) is 11.8 Å². The number of amides is 1. The Labute approximate surface area is 103 Å². The Morgan fingerprint density at radius 3 is 2.47 bits per heavy atom. The molecule has 3 atom stereocenters. The minimum Gasteiger partial charge on any atom is -0.385 e. The first-order chi connectivity index (χ1) is 7.79. The molecule has 1 amide bonds. The van der Waals surface area contributed by atoms with Gasteiger partial charge < -0.3 is 10.8 Å². The molecular weight excluding hydrogens is 214 g/mol. The topological polar surface area (TPSA) is 63.3 Å². The van der Waals surface area contributed by atoms with Gasteiger partial charge in [-0.05, 0) is 44.6 Å². The lowest BCUT2D eigenvalue weighted by molar-refractivity contribution is -0.123. The van der Waals surface area contributed by atoms with Gasteiger partial charge in [0.25, 0.3) is 0 Å². The van der Waals surface area contributed by atoms with E-state index < -0.39 is 5.60 Å². The fraction of sp³-hybridized carbons (Fsp3) is 0.643. The van der Waals surface area contributed by atoms with Gasteiger partial charge in [-0.25, -0.2) is 0 Å². The molecular formula is C14H23NO2. The predicted octanol–water partition coefficient (Wildman–Crippen LogP) is 2.16. The van der Waals surface area contributed by atoms with Crippen molar-refractivity contribution in [3.63, 3.8) is 0 Å². The number of carbonyl (C=O) groups is 1. The minimum atomic E-state index is -0.975. The molecule has 3 N–H and O–H groups in total. The second-order valence-corrected chi connectivity index (χ2v) is 5.33. The maximum absolute atomic E-state index is 11.2. The molecule has 1 rings (SSSR count). The van der Waals surface area contributed by atoms with Crippen LogP contribution in [0.2, 0.25) is 0 Å². The van der Waals surface area contributed by atoms with E-state index in [1.807, 2.05) is 13.8 Å². The average molecular weight is 237 g/mol. The summed E-state index contributed by atoms with van der Waals surface area (Å²) in [4.78, 5) is 11.2. The maximum Gasteiger partial charge on any atom is 0.217 e. The van der Waals surface area contributed by atoms with Crippen LogP contribution in [0.4, 0.5) is 0 Å². The molecule has 0 aromatic carbocycles. The molecule has 1 saturated carbocycles. The first kappa shape index (κ1) is 14.0. The molecule has 0 saturated heterocycles. The van der Waals surface area contributed by atoms with E-state index in [-0.39, 0.29) is 24.2 Å². The number of aliphatic hydroxyl groups is 1. The van der Waals surface area contributed by atoms with Crippen molar-refractivity contribution in [1.82, 2.24) is 0 Å². The zero-order chi connectivity index (χ0) is 13.2. The third-order valence-corrected chi connectivity index (χ3v) is 3.97. The van der Waals surface area contributed by atoms with E-state index >= 15 is 0 Å². The third kappa shape index (κ3) is 2.78. The molecule has 96 valence electrons. The standard InChI is InChI=1S/C14H23NO2/c1-9(2)11-6-5-7-14(17,10(3)4)12(11)8-13(15)16/h11-12,17H,1,3,5-8H2,2,4H3,(H2,15,16). The largest absolute Gasteiger partial charge is 0.385 e. The maximum atomic E-state index is 11.2. The lowest BCUT2D eigenvalue weighted by Gasteiger charge is -2.45. The van der Waals surface area contributed by atoms with Crippen LogP contribution in [0.5, 0.6) is 0 Å². The summed E-state index contributed by atoms with van der Waals surface area (Å²) in [6.45, 7) is 11.6. The highest BCUT2D eigenvalue weighted by atomic mass is 16.3. The molecule has 0 bridgehead atoms. The molecule has 0 heterocycles. The van der Waals surface area contributed by atoms with Gasteiger partial charge in [-0.15, -0.1) is 0 Å². The first-order valence-electron chi connectivity index (χ1n) is 6.11. The van der Waals surface area contributed by atoms with Crippen molar-refractivity contribution < 1.29 is 9.90 Å². The Morgan fingerprint density at radius 1 is 1.47 bits per heavy atom. The number of carbonyl (C=O) groups excluding carboxylic acids is 1. The van der Waals surface area contributed by atoms with Crippen molar-refractivity contribution in [3.8, 4) is 0 Å². The summed E-state index contributed by atoms with van der Waals surface area (Å²) in [5.74, 6) is -0.399. The van der Waals surface area contributed by atoms with Gasteiger partial charge in [-0.2, -0.15) is 0 Å². The SMILES string of the molecule is C=C(C)C1CCCC(O)(C(=C)C)C1CC(N)=O. The predicted molar refractivity (Wildman–Crippen MR) is 69.2 cm³/mol. The van der Waals surface area contributed by atoms with Gasteiger partial charge in [-0.3, -0.25) is 4.79 Å². The van der Waals surface area contributed by atoms with E-state index in [0.29, 0.717) is 6.42 Å². The Bertz CT molecular complexity index is 348. The fourth-order valence-corrected chi connectivity index (χ4v) is 2.96. The summed E-state index contributed by atoms with van der Waals surface area (Å²) in [5.41, 5.74) is 6.05. The molecule has 1 aliphatic carbocycles. The molecule has 17 heavy (non-hydrogen) atoms. The second-order valence-electron chi connectivity index (χ2n) is 5.33. The highest BCUT2D eigenvalue weighted by Crippen LogP contribution is 2.45. The van der Waals surface area contributed by atoms with Gasteiger partial charge in [-0.1, -0.05) is 18.7 Å². The number of primary amides is 1. The Balaban J connectivity index is 3.07. The van der Waals surface area contributed by atoms with Gasteiger partial charge >= 0.3 is 0 Å².